The van der Waals surface area contributed by atoms with Gasteiger partial charge in [-0.3, -0.25) is 4.79 Å². The lowest BCUT2D eigenvalue weighted by Gasteiger charge is -2.42. The minimum Gasteiger partial charge on any atom is -0.490 e. The zero-order valence-corrected chi connectivity index (χ0v) is 19.2. The van der Waals surface area contributed by atoms with Crippen molar-refractivity contribution in [2.24, 2.45) is 33.9 Å². The van der Waals surface area contributed by atoms with Crippen LogP contribution in [0.3, 0.4) is 0 Å². The highest BCUT2D eigenvalue weighted by molar-refractivity contribution is 5.91. The first-order valence-electron chi connectivity index (χ1n) is 12.7. The molecule has 0 aliphatic heterocycles. The van der Waals surface area contributed by atoms with Crippen LogP contribution in [0.5, 0.6) is 5.75 Å². The molecule has 2 N–H and O–H groups in total. The summed E-state index contributed by atoms with van der Waals surface area (Å²) in [6, 6.07) is 21.3. The van der Waals surface area contributed by atoms with Crippen LogP contribution in [-0.4, -0.2) is 24.3 Å². The highest BCUT2D eigenvalue weighted by Gasteiger charge is 2.71. The van der Waals surface area contributed by atoms with Gasteiger partial charge < -0.3 is 10.5 Å². The predicted molar refractivity (Wildman–Crippen MR) is 130 cm³/mol. The van der Waals surface area contributed by atoms with E-state index in [1.165, 1.54) is 5.56 Å². The van der Waals surface area contributed by atoms with Gasteiger partial charge >= 0.3 is 0 Å². The van der Waals surface area contributed by atoms with E-state index in [0.717, 1.165) is 57.1 Å². The standard InChI is InChI=1S/C29H34N2O2/c30-23-13-11-20(12-14-23)18-31-27(32)29-16-21-15-28(19-29,22-7-3-1-4-8-22)17-25(29)26(21)33-24-9-5-2-6-10-24/h1-10,18,20-21,23,25-26H,11-17,19,30H2/b31-18+. The van der Waals surface area contributed by atoms with Gasteiger partial charge in [-0.05, 0) is 86.3 Å². The van der Waals surface area contributed by atoms with Gasteiger partial charge in [0, 0.05) is 18.2 Å². The summed E-state index contributed by atoms with van der Waals surface area (Å²) >= 11 is 0. The molecule has 33 heavy (non-hydrogen) atoms. The second-order valence-corrected chi connectivity index (χ2v) is 11.1. The van der Waals surface area contributed by atoms with E-state index in [0.29, 0.717) is 17.9 Å². The minimum atomic E-state index is -0.389. The number of ether oxygens (including phenoxy) is 1. The lowest BCUT2D eigenvalue weighted by molar-refractivity contribution is -0.129. The third-order valence-corrected chi connectivity index (χ3v) is 9.16. The van der Waals surface area contributed by atoms with Crippen molar-refractivity contribution in [2.75, 3.05) is 0 Å². The first kappa shape index (κ1) is 21.1. The van der Waals surface area contributed by atoms with Gasteiger partial charge in [0.05, 0.1) is 5.41 Å². The Bertz CT molecular complexity index is 1030. The molecule has 4 bridgehead atoms. The zero-order valence-electron chi connectivity index (χ0n) is 19.2. The molecule has 4 nitrogen and oxygen atoms in total. The molecule has 0 heterocycles. The summed E-state index contributed by atoms with van der Waals surface area (Å²) in [5.74, 6) is 2.02. The summed E-state index contributed by atoms with van der Waals surface area (Å²) in [7, 11) is 0. The molecule has 5 aliphatic carbocycles. The molecular formula is C29H34N2O2. The lowest BCUT2D eigenvalue weighted by atomic mass is 9.63. The van der Waals surface area contributed by atoms with E-state index < -0.39 is 0 Å². The van der Waals surface area contributed by atoms with Gasteiger partial charge in [0.25, 0.3) is 5.91 Å². The maximum Gasteiger partial charge on any atom is 0.252 e. The van der Waals surface area contributed by atoms with E-state index in [1.807, 2.05) is 36.5 Å². The van der Waals surface area contributed by atoms with Crippen molar-refractivity contribution in [3.05, 3.63) is 66.2 Å². The number of nitrogens with two attached hydrogens (primary N) is 1. The number of para-hydroxylation sites is 1. The topological polar surface area (TPSA) is 64.7 Å². The van der Waals surface area contributed by atoms with Crippen LogP contribution in [0.25, 0.3) is 0 Å². The van der Waals surface area contributed by atoms with Crippen LogP contribution >= 0.6 is 0 Å². The Hall–Kier alpha value is -2.46. The third-order valence-electron chi connectivity index (χ3n) is 9.16. The van der Waals surface area contributed by atoms with Crippen LogP contribution in [0.1, 0.15) is 56.9 Å². The molecule has 5 unspecified atom stereocenters. The first-order valence-corrected chi connectivity index (χ1v) is 12.7. The van der Waals surface area contributed by atoms with Gasteiger partial charge in [0.15, 0.2) is 0 Å². The number of aliphatic imine (C=N–C) groups is 1. The molecule has 1 amide bonds. The average Bonchev–Trinajstić information content (AvgIpc) is 3.22. The summed E-state index contributed by atoms with van der Waals surface area (Å²) in [5, 5.41) is 0. The number of carbonyl (C=O) groups is 1. The Morgan fingerprint density at radius 1 is 0.939 bits per heavy atom. The summed E-state index contributed by atoms with van der Waals surface area (Å²) < 4.78 is 6.58. The number of amides is 1. The zero-order chi connectivity index (χ0) is 22.5. The number of carbonyl (C=O) groups excluding carboxylic acids is 1. The molecule has 0 radical (unpaired) electrons. The van der Waals surface area contributed by atoms with Gasteiger partial charge in [0.1, 0.15) is 11.9 Å². The number of hydrogen-bond donors (Lipinski definition) is 1. The predicted octanol–water partition coefficient (Wildman–Crippen LogP) is 5.31. The fourth-order valence-corrected chi connectivity index (χ4v) is 7.72. The lowest BCUT2D eigenvalue weighted by Crippen LogP contribution is -2.40. The maximum atomic E-state index is 13.8. The molecule has 4 heteroatoms. The van der Waals surface area contributed by atoms with Crippen molar-refractivity contribution < 1.29 is 9.53 Å². The third kappa shape index (κ3) is 3.54. The second kappa shape index (κ2) is 8.09. The van der Waals surface area contributed by atoms with Crippen LogP contribution < -0.4 is 10.5 Å². The molecule has 5 saturated carbocycles. The van der Waals surface area contributed by atoms with Gasteiger partial charge in [-0.25, -0.2) is 4.99 Å². The molecule has 7 rings (SSSR count). The molecule has 2 aromatic carbocycles. The maximum absolute atomic E-state index is 13.8. The largest absolute Gasteiger partial charge is 0.490 e. The summed E-state index contributed by atoms with van der Waals surface area (Å²) in [6.07, 6.45) is 10.2. The van der Waals surface area contributed by atoms with Crippen molar-refractivity contribution in [3.8, 4) is 5.75 Å². The van der Waals surface area contributed by atoms with Crippen molar-refractivity contribution in [3.63, 3.8) is 0 Å². The van der Waals surface area contributed by atoms with Crippen molar-refractivity contribution >= 4 is 12.1 Å². The molecule has 5 atom stereocenters. The highest BCUT2D eigenvalue weighted by Crippen LogP contribution is 2.71. The first-order chi connectivity index (χ1) is 16.1. The number of benzene rings is 2. The molecule has 0 spiro atoms. The smallest absolute Gasteiger partial charge is 0.252 e. The number of hydrogen-bond acceptors (Lipinski definition) is 3. The monoisotopic (exact) mass is 442 g/mol. The van der Waals surface area contributed by atoms with Crippen molar-refractivity contribution in [1.29, 1.82) is 0 Å². The van der Waals surface area contributed by atoms with E-state index in [2.05, 4.69) is 35.3 Å². The second-order valence-electron chi connectivity index (χ2n) is 11.1. The fraction of sp³-hybridized carbons (Fsp3) is 0.517. The van der Waals surface area contributed by atoms with Crippen LogP contribution in [0.15, 0.2) is 65.7 Å². The minimum absolute atomic E-state index is 0.0776. The van der Waals surface area contributed by atoms with Gasteiger partial charge in [-0.1, -0.05) is 48.5 Å². The highest BCUT2D eigenvalue weighted by atomic mass is 16.5. The summed E-state index contributed by atoms with van der Waals surface area (Å²) in [6.45, 7) is 0. The van der Waals surface area contributed by atoms with Gasteiger partial charge in [-0.2, -0.15) is 0 Å². The number of nitrogens with zero attached hydrogens (tertiary/aromatic N) is 1. The Morgan fingerprint density at radius 3 is 2.36 bits per heavy atom. The molecule has 0 aromatic heterocycles. The quantitative estimate of drug-likeness (QED) is 0.639. The van der Waals surface area contributed by atoms with Crippen LogP contribution in [0.4, 0.5) is 0 Å². The summed E-state index contributed by atoms with van der Waals surface area (Å²) in [5.41, 5.74) is 7.14. The Balaban J connectivity index is 1.30. The Labute approximate surface area is 196 Å². The molecule has 0 saturated heterocycles. The Kier molecular flexibility index (Phi) is 5.17. The van der Waals surface area contributed by atoms with Gasteiger partial charge in [-0.15, -0.1) is 0 Å². The van der Waals surface area contributed by atoms with Crippen LogP contribution in [-0.2, 0) is 10.2 Å². The van der Waals surface area contributed by atoms with Crippen LogP contribution in [0.2, 0.25) is 0 Å². The Morgan fingerprint density at radius 2 is 1.64 bits per heavy atom. The van der Waals surface area contributed by atoms with E-state index in [-0.39, 0.29) is 28.8 Å². The average molecular weight is 443 g/mol. The number of rotatable bonds is 5. The van der Waals surface area contributed by atoms with Gasteiger partial charge in [0.2, 0.25) is 0 Å². The van der Waals surface area contributed by atoms with E-state index in [4.69, 9.17) is 10.5 Å². The van der Waals surface area contributed by atoms with E-state index in [1.54, 1.807) is 0 Å². The van der Waals surface area contributed by atoms with Crippen molar-refractivity contribution in [1.82, 2.24) is 0 Å². The van der Waals surface area contributed by atoms with Crippen molar-refractivity contribution in [2.45, 2.75) is 68.9 Å². The van der Waals surface area contributed by atoms with E-state index >= 15 is 0 Å². The van der Waals surface area contributed by atoms with E-state index in [9.17, 15) is 4.79 Å². The molecule has 2 aromatic rings. The molecule has 5 aliphatic rings. The van der Waals surface area contributed by atoms with Crippen LogP contribution in [0, 0.1) is 23.2 Å². The molecule has 172 valence electrons. The fourth-order valence-electron chi connectivity index (χ4n) is 7.72. The molecule has 5 fully saturated rings. The molecular weight excluding hydrogens is 408 g/mol. The normalized spacial score (nSPS) is 39.2. The SMILES string of the molecule is NC1CCC(/C=N/C(=O)C23CC4CC(c5ccccc5)(CC2C4Oc2ccccc2)C3)CC1. The summed E-state index contributed by atoms with van der Waals surface area (Å²) in [4.78, 5) is 18.5.